The Morgan fingerprint density at radius 3 is 2.59 bits per heavy atom. The lowest BCUT2D eigenvalue weighted by Crippen LogP contribution is -1.97. The van der Waals surface area contributed by atoms with E-state index in [4.69, 9.17) is 15.2 Å². The Morgan fingerprint density at radius 2 is 1.86 bits per heavy atom. The highest BCUT2D eigenvalue weighted by Crippen LogP contribution is 2.28. The first-order chi connectivity index (χ1) is 10.7. The van der Waals surface area contributed by atoms with Gasteiger partial charge in [-0.15, -0.1) is 5.10 Å². The van der Waals surface area contributed by atoms with Gasteiger partial charge in [0.15, 0.2) is 17.2 Å². The number of fused-ring (bicyclic) bond motifs is 1. The van der Waals surface area contributed by atoms with Gasteiger partial charge in [-0.25, -0.2) is 9.50 Å². The maximum Gasteiger partial charge on any atom is 0.198 e. The summed E-state index contributed by atoms with van der Waals surface area (Å²) in [7, 11) is 0. The van der Waals surface area contributed by atoms with Crippen molar-refractivity contribution in [1.29, 1.82) is 0 Å². The summed E-state index contributed by atoms with van der Waals surface area (Å²) in [5, 5.41) is 4.47. The average molecular weight is 298 g/mol. The van der Waals surface area contributed by atoms with Crippen molar-refractivity contribution in [3.05, 3.63) is 36.5 Å². The average Bonchev–Trinajstić information content (AvgIpc) is 2.95. The van der Waals surface area contributed by atoms with Gasteiger partial charge in [-0.05, 0) is 44.2 Å². The zero-order chi connectivity index (χ0) is 15.5. The van der Waals surface area contributed by atoms with Crippen LogP contribution >= 0.6 is 0 Å². The summed E-state index contributed by atoms with van der Waals surface area (Å²) in [6, 6.07) is 9.31. The SMILES string of the molecule is CCOc1ccc(-c2nc3c(OCC)cccn3n2)cc1N. The largest absolute Gasteiger partial charge is 0.492 e. The molecule has 0 aliphatic rings. The van der Waals surface area contributed by atoms with E-state index in [1.807, 2.05) is 50.4 Å². The highest BCUT2D eigenvalue weighted by atomic mass is 16.5. The number of nitrogens with two attached hydrogens (primary N) is 1. The molecule has 0 saturated carbocycles. The van der Waals surface area contributed by atoms with Crippen LogP contribution in [0, 0.1) is 0 Å². The van der Waals surface area contributed by atoms with Gasteiger partial charge in [0, 0.05) is 11.8 Å². The Bertz CT molecular complexity index is 798. The molecular formula is C16H18N4O2. The first kappa shape index (κ1) is 14.2. The van der Waals surface area contributed by atoms with Crippen LogP contribution in [0.4, 0.5) is 5.69 Å². The van der Waals surface area contributed by atoms with Crippen LogP contribution in [-0.2, 0) is 0 Å². The molecule has 0 aliphatic heterocycles. The number of nitrogen functional groups attached to an aromatic ring is 1. The van der Waals surface area contributed by atoms with E-state index in [0.29, 0.717) is 41.9 Å². The second-order valence-electron chi connectivity index (χ2n) is 4.69. The van der Waals surface area contributed by atoms with Crippen LogP contribution < -0.4 is 15.2 Å². The monoisotopic (exact) mass is 298 g/mol. The van der Waals surface area contributed by atoms with Crippen molar-refractivity contribution in [3.63, 3.8) is 0 Å². The molecule has 6 heteroatoms. The van der Waals surface area contributed by atoms with Crippen LogP contribution in [0.1, 0.15) is 13.8 Å². The summed E-state index contributed by atoms with van der Waals surface area (Å²) < 4.78 is 12.7. The number of hydrogen-bond donors (Lipinski definition) is 1. The summed E-state index contributed by atoms with van der Waals surface area (Å²) in [4.78, 5) is 4.55. The van der Waals surface area contributed by atoms with Crippen LogP contribution in [0.3, 0.4) is 0 Å². The number of anilines is 1. The number of hydrogen-bond acceptors (Lipinski definition) is 5. The number of ether oxygens (including phenoxy) is 2. The molecule has 114 valence electrons. The molecule has 0 amide bonds. The van der Waals surface area contributed by atoms with Crippen molar-refractivity contribution < 1.29 is 9.47 Å². The smallest absolute Gasteiger partial charge is 0.198 e. The molecule has 0 aliphatic carbocycles. The Morgan fingerprint density at radius 1 is 1.09 bits per heavy atom. The third-order valence-electron chi connectivity index (χ3n) is 3.19. The zero-order valence-corrected chi connectivity index (χ0v) is 12.6. The van der Waals surface area contributed by atoms with Crippen molar-refractivity contribution in [2.24, 2.45) is 0 Å². The molecule has 0 fully saturated rings. The van der Waals surface area contributed by atoms with E-state index < -0.39 is 0 Å². The highest BCUT2D eigenvalue weighted by molar-refractivity contribution is 5.68. The third kappa shape index (κ3) is 2.55. The minimum absolute atomic E-state index is 0.572. The van der Waals surface area contributed by atoms with Crippen LogP contribution in [-0.4, -0.2) is 27.8 Å². The van der Waals surface area contributed by atoms with Gasteiger partial charge in [-0.1, -0.05) is 0 Å². The third-order valence-corrected chi connectivity index (χ3v) is 3.19. The molecule has 0 unspecified atom stereocenters. The molecule has 0 atom stereocenters. The number of pyridine rings is 1. The summed E-state index contributed by atoms with van der Waals surface area (Å²) in [6.45, 7) is 5.02. The number of nitrogens with zero attached hydrogens (tertiary/aromatic N) is 3. The van der Waals surface area contributed by atoms with E-state index in [2.05, 4.69) is 10.1 Å². The first-order valence-electron chi connectivity index (χ1n) is 7.23. The van der Waals surface area contributed by atoms with Crippen LogP contribution in [0.25, 0.3) is 17.0 Å². The normalized spacial score (nSPS) is 10.8. The van der Waals surface area contributed by atoms with Gasteiger partial charge in [0.25, 0.3) is 0 Å². The molecule has 0 radical (unpaired) electrons. The highest BCUT2D eigenvalue weighted by Gasteiger charge is 2.12. The minimum atomic E-state index is 0.572. The zero-order valence-electron chi connectivity index (χ0n) is 12.6. The molecule has 0 spiro atoms. The standard InChI is InChI=1S/C16H18N4O2/c1-3-21-13-8-7-11(10-12(13)17)15-18-16-14(22-4-2)6-5-9-20(16)19-15/h5-10H,3-4,17H2,1-2H3. The van der Waals surface area contributed by atoms with Crippen molar-refractivity contribution in [2.45, 2.75) is 13.8 Å². The molecule has 1 aromatic carbocycles. The number of rotatable bonds is 5. The van der Waals surface area contributed by atoms with Gasteiger partial charge in [0.05, 0.1) is 18.9 Å². The summed E-state index contributed by atoms with van der Waals surface area (Å²) >= 11 is 0. The molecular weight excluding hydrogens is 280 g/mol. The fourth-order valence-corrected chi connectivity index (χ4v) is 2.25. The van der Waals surface area contributed by atoms with Gasteiger partial charge in [0.1, 0.15) is 5.75 Å². The van der Waals surface area contributed by atoms with E-state index in [1.54, 1.807) is 4.52 Å². The van der Waals surface area contributed by atoms with E-state index in [-0.39, 0.29) is 0 Å². The Kier molecular flexibility index (Phi) is 3.82. The molecule has 2 aromatic heterocycles. The topological polar surface area (TPSA) is 74.7 Å². The van der Waals surface area contributed by atoms with Crippen molar-refractivity contribution in [2.75, 3.05) is 18.9 Å². The summed E-state index contributed by atoms with van der Waals surface area (Å²) in [5.74, 6) is 1.98. The van der Waals surface area contributed by atoms with Gasteiger partial charge >= 0.3 is 0 Å². The summed E-state index contributed by atoms with van der Waals surface area (Å²) in [6.07, 6.45) is 1.84. The maximum absolute atomic E-state index is 6.00. The van der Waals surface area contributed by atoms with Gasteiger partial charge in [0.2, 0.25) is 0 Å². The molecule has 6 nitrogen and oxygen atoms in total. The molecule has 2 heterocycles. The predicted octanol–water partition coefficient (Wildman–Crippen LogP) is 2.78. The molecule has 3 rings (SSSR count). The second kappa shape index (κ2) is 5.93. The van der Waals surface area contributed by atoms with Gasteiger partial charge in [-0.3, -0.25) is 0 Å². The molecule has 0 bridgehead atoms. The molecule has 2 N–H and O–H groups in total. The molecule has 3 aromatic rings. The van der Waals surface area contributed by atoms with Gasteiger partial charge in [-0.2, -0.15) is 0 Å². The van der Waals surface area contributed by atoms with E-state index in [1.165, 1.54) is 0 Å². The number of benzene rings is 1. The lowest BCUT2D eigenvalue weighted by molar-refractivity contribution is 0.342. The van der Waals surface area contributed by atoms with Crippen LogP contribution in [0.5, 0.6) is 11.5 Å². The van der Waals surface area contributed by atoms with Crippen LogP contribution in [0.2, 0.25) is 0 Å². The fraction of sp³-hybridized carbons (Fsp3) is 0.250. The molecule has 22 heavy (non-hydrogen) atoms. The van der Waals surface area contributed by atoms with Crippen molar-refractivity contribution in [1.82, 2.24) is 14.6 Å². The Labute approximate surface area is 128 Å². The lowest BCUT2D eigenvalue weighted by atomic mass is 10.2. The van der Waals surface area contributed by atoms with E-state index >= 15 is 0 Å². The quantitative estimate of drug-likeness (QED) is 0.733. The second-order valence-corrected chi connectivity index (χ2v) is 4.69. The van der Waals surface area contributed by atoms with E-state index in [0.717, 1.165) is 5.56 Å². The minimum Gasteiger partial charge on any atom is -0.492 e. The van der Waals surface area contributed by atoms with Crippen LogP contribution in [0.15, 0.2) is 36.5 Å². The van der Waals surface area contributed by atoms with Crippen molar-refractivity contribution in [3.8, 4) is 22.9 Å². The molecule has 0 saturated heterocycles. The number of aromatic nitrogens is 3. The predicted molar refractivity (Wildman–Crippen MR) is 85.2 cm³/mol. The van der Waals surface area contributed by atoms with Gasteiger partial charge < -0.3 is 15.2 Å². The first-order valence-corrected chi connectivity index (χ1v) is 7.23. The summed E-state index contributed by atoms with van der Waals surface area (Å²) in [5.41, 5.74) is 8.10. The lowest BCUT2D eigenvalue weighted by Gasteiger charge is -2.07. The van der Waals surface area contributed by atoms with E-state index in [9.17, 15) is 0 Å². The fourth-order valence-electron chi connectivity index (χ4n) is 2.25. The Balaban J connectivity index is 2.03. The Hall–Kier alpha value is -2.76. The maximum atomic E-state index is 6.00. The van der Waals surface area contributed by atoms with Crippen molar-refractivity contribution >= 4 is 11.3 Å².